The highest BCUT2D eigenvalue weighted by molar-refractivity contribution is 6.30. The van der Waals surface area contributed by atoms with Gasteiger partial charge in [-0.3, -0.25) is 4.68 Å². The summed E-state index contributed by atoms with van der Waals surface area (Å²) in [5.41, 5.74) is 2.24. The van der Waals surface area contributed by atoms with Gasteiger partial charge in [0.15, 0.2) is 5.65 Å². The molecule has 1 atom stereocenters. The molecule has 4 rings (SSSR count). The zero-order chi connectivity index (χ0) is 16.7. The average molecular weight is 342 g/mol. The van der Waals surface area contributed by atoms with E-state index in [1.54, 1.807) is 0 Å². The molecule has 24 heavy (non-hydrogen) atoms. The normalized spacial score (nSPS) is 18.3. The van der Waals surface area contributed by atoms with Crippen molar-refractivity contribution in [1.29, 1.82) is 0 Å². The lowest BCUT2D eigenvalue weighted by atomic mass is 9.90. The van der Waals surface area contributed by atoms with Crippen LogP contribution in [0.15, 0.2) is 30.5 Å². The summed E-state index contributed by atoms with van der Waals surface area (Å²) < 4.78 is 1.81. The smallest absolute Gasteiger partial charge is 0.163 e. The fourth-order valence-corrected chi connectivity index (χ4v) is 3.66. The second-order valence-electron chi connectivity index (χ2n) is 6.44. The van der Waals surface area contributed by atoms with Crippen molar-refractivity contribution in [2.45, 2.75) is 25.7 Å². The number of benzene rings is 1. The quantitative estimate of drug-likeness (QED) is 0.713. The highest BCUT2D eigenvalue weighted by Crippen LogP contribution is 2.32. The van der Waals surface area contributed by atoms with Crippen molar-refractivity contribution < 1.29 is 0 Å². The molecule has 124 valence electrons. The van der Waals surface area contributed by atoms with Crippen LogP contribution in [-0.4, -0.2) is 32.8 Å². The standard InChI is InChI=1S/C18H20ClN5/c1-12-21-17-16(10-20-23(17)2)18(22-12)24-9-3-4-14(11-24)13-5-7-15(19)8-6-13/h5-8,10,14H,3-4,9,11H2,1-2H3. The maximum Gasteiger partial charge on any atom is 0.163 e. The van der Waals surface area contributed by atoms with Gasteiger partial charge in [0, 0.05) is 31.1 Å². The molecular formula is C18H20ClN5. The van der Waals surface area contributed by atoms with Crippen LogP contribution in [0.1, 0.15) is 30.1 Å². The van der Waals surface area contributed by atoms with Crippen molar-refractivity contribution in [3.63, 3.8) is 0 Å². The van der Waals surface area contributed by atoms with Gasteiger partial charge in [-0.25, -0.2) is 9.97 Å². The summed E-state index contributed by atoms with van der Waals surface area (Å²) in [7, 11) is 1.92. The third kappa shape index (κ3) is 2.73. The second-order valence-corrected chi connectivity index (χ2v) is 6.87. The Morgan fingerprint density at radius 1 is 1.17 bits per heavy atom. The summed E-state index contributed by atoms with van der Waals surface area (Å²) in [6.07, 6.45) is 4.21. The number of hydrogen-bond donors (Lipinski definition) is 0. The highest BCUT2D eigenvalue weighted by atomic mass is 35.5. The van der Waals surface area contributed by atoms with E-state index in [1.807, 2.05) is 37.0 Å². The van der Waals surface area contributed by atoms with Crippen molar-refractivity contribution in [3.8, 4) is 0 Å². The SMILES string of the molecule is Cc1nc(N2CCCC(c3ccc(Cl)cc3)C2)c2cnn(C)c2n1. The van der Waals surface area contributed by atoms with Crippen molar-refractivity contribution >= 4 is 28.5 Å². The number of nitrogens with zero attached hydrogens (tertiary/aromatic N) is 5. The van der Waals surface area contributed by atoms with E-state index in [1.165, 1.54) is 12.0 Å². The first-order valence-corrected chi connectivity index (χ1v) is 8.66. The predicted octanol–water partition coefficient (Wildman–Crippen LogP) is 3.71. The van der Waals surface area contributed by atoms with E-state index in [0.29, 0.717) is 5.92 Å². The van der Waals surface area contributed by atoms with Gasteiger partial charge < -0.3 is 4.90 Å². The molecule has 1 aliphatic rings. The molecule has 1 fully saturated rings. The summed E-state index contributed by atoms with van der Waals surface area (Å²) >= 11 is 6.02. The van der Waals surface area contributed by atoms with Crippen LogP contribution in [0, 0.1) is 6.92 Å². The van der Waals surface area contributed by atoms with Crippen molar-refractivity contribution in [1.82, 2.24) is 19.7 Å². The van der Waals surface area contributed by atoms with E-state index in [0.717, 1.165) is 47.2 Å². The molecule has 0 N–H and O–H groups in total. The van der Waals surface area contributed by atoms with Crippen molar-refractivity contribution in [2.24, 2.45) is 7.05 Å². The Labute approximate surface area is 146 Å². The molecule has 0 aliphatic carbocycles. The van der Waals surface area contributed by atoms with Gasteiger partial charge in [-0.05, 0) is 37.5 Å². The molecule has 0 spiro atoms. The van der Waals surface area contributed by atoms with Crippen LogP contribution in [0.25, 0.3) is 11.0 Å². The zero-order valence-electron chi connectivity index (χ0n) is 13.9. The van der Waals surface area contributed by atoms with Crippen LogP contribution >= 0.6 is 11.6 Å². The summed E-state index contributed by atoms with van der Waals surface area (Å²) in [6, 6.07) is 8.23. The van der Waals surface area contributed by atoms with E-state index in [9.17, 15) is 0 Å². The molecule has 0 saturated carbocycles. The molecule has 2 aromatic heterocycles. The highest BCUT2D eigenvalue weighted by Gasteiger charge is 2.24. The minimum absolute atomic E-state index is 0.498. The molecule has 1 unspecified atom stereocenters. The number of rotatable bonds is 2. The van der Waals surface area contributed by atoms with Gasteiger partial charge in [-0.15, -0.1) is 0 Å². The molecule has 1 aromatic carbocycles. The molecule has 6 heteroatoms. The number of aryl methyl sites for hydroxylation is 2. The molecule has 0 amide bonds. The minimum Gasteiger partial charge on any atom is -0.355 e. The molecule has 0 bridgehead atoms. The van der Waals surface area contributed by atoms with E-state index >= 15 is 0 Å². The molecule has 0 radical (unpaired) electrons. The Bertz CT molecular complexity index is 871. The summed E-state index contributed by atoms with van der Waals surface area (Å²) in [5, 5.41) is 6.17. The van der Waals surface area contributed by atoms with Crippen molar-refractivity contribution in [2.75, 3.05) is 18.0 Å². The Kier molecular flexibility index (Phi) is 3.88. The maximum absolute atomic E-state index is 6.02. The lowest BCUT2D eigenvalue weighted by Gasteiger charge is -2.34. The molecule has 1 saturated heterocycles. The number of fused-ring (bicyclic) bond motifs is 1. The van der Waals surface area contributed by atoms with E-state index in [2.05, 4.69) is 27.1 Å². The molecule has 3 aromatic rings. The summed E-state index contributed by atoms with van der Waals surface area (Å²) in [5.74, 6) is 2.29. The van der Waals surface area contributed by atoms with Gasteiger partial charge in [0.2, 0.25) is 0 Å². The van der Waals surface area contributed by atoms with E-state index < -0.39 is 0 Å². The van der Waals surface area contributed by atoms with Gasteiger partial charge in [0.1, 0.15) is 11.6 Å². The first-order chi connectivity index (χ1) is 11.6. The van der Waals surface area contributed by atoms with Crippen LogP contribution in [0.4, 0.5) is 5.82 Å². The second kappa shape index (κ2) is 6.06. The zero-order valence-corrected chi connectivity index (χ0v) is 14.7. The van der Waals surface area contributed by atoms with Crippen LogP contribution in [0.3, 0.4) is 0 Å². The summed E-state index contributed by atoms with van der Waals surface area (Å²) in [4.78, 5) is 11.6. The predicted molar refractivity (Wildman–Crippen MR) is 96.7 cm³/mol. The third-order valence-electron chi connectivity index (χ3n) is 4.75. The molecule has 3 heterocycles. The number of anilines is 1. The van der Waals surface area contributed by atoms with Crippen LogP contribution in [0.5, 0.6) is 0 Å². The van der Waals surface area contributed by atoms with Gasteiger partial charge in [0.25, 0.3) is 0 Å². The van der Waals surface area contributed by atoms with E-state index in [4.69, 9.17) is 16.6 Å². The Balaban J connectivity index is 1.68. The monoisotopic (exact) mass is 341 g/mol. The summed E-state index contributed by atoms with van der Waals surface area (Å²) in [6.45, 7) is 3.92. The molecule has 1 aliphatic heterocycles. The van der Waals surface area contributed by atoms with Crippen LogP contribution < -0.4 is 4.90 Å². The van der Waals surface area contributed by atoms with Crippen LogP contribution in [-0.2, 0) is 7.05 Å². The number of aromatic nitrogens is 4. The van der Waals surface area contributed by atoms with Gasteiger partial charge in [-0.1, -0.05) is 23.7 Å². The lowest BCUT2D eigenvalue weighted by molar-refractivity contribution is 0.507. The first kappa shape index (κ1) is 15.4. The first-order valence-electron chi connectivity index (χ1n) is 8.28. The fraction of sp³-hybridized carbons (Fsp3) is 0.389. The molecule has 5 nitrogen and oxygen atoms in total. The largest absolute Gasteiger partial charge is 0.355 e. The fourth-order valence-electron chi connectivity index (χ4n) is 3.53. The topological polar surface area (TPSA) is 46.8 Å². The average Bonchev–Trinajstić information content (AvgIpc) is 2.96. The number of halogens is 1. The minimum atomic E-state index is 0.498. The van der Waals surface area contributed by atoms with Gasteiger partial charge in [0.05, 0.1) is 11.6 Å². The Hall–Kier alpha value is -2.14. The third-order valence-corrected chi connectivity index (χ3v) is 5.00. The Morgan fingerprint density at radius 2 is 1.96 bits per heavy atom. The van der Waals surface area contributed by atoms with Crippen LogP contribution in [0.2, 0.25) is 5.02 Å². The maximum atomic E-state index is 6.02. The Morgan fingerprint density at radius 3 is 2.75 bits per heavy atom. The number of piperidine rings is 1. The lowest BCUT2D eigenvalue weighted by Crippen LogP contribution is -2.35. The molecular weight excluding hydrogens is 322 g/mol. The van der Waals surface area contributed by atoms with Gasteiger partial charge >= 0.3 is 0 Å². The van der Waals surface area contributed by atoms with Gasteiger partial charge in [-0.2, -0.15) is 5.10 Å². The number of hydrogen-bond acceptors (Lipinski definition) is 4. The van der Waals surface area contributed by atoms with E-state index in [-0.39, 0.29) is 0 Å². The van der Waals surface area contributed by atoms with Crippen molar-refractivity contribution in [3.05, 3.63) is 46.9 Å².